The maximum absolute atomic E-state index is 11.0. The Bertz CT molecular complexity index is 423. The number of carbonyl (C=O) groups excluding carboxylic acids is 1. The van der Waals surface area contributed by atoms with Crippen molar-refractivity contribution in [2.24, 2.45) is 5.73 Å². The summed E-state index contributed by atoms with van der Waals surface area (Å²) in [6.07, 6.45) is 0. The molecule has 3 N–H and O–H groups in total. The first-order valence-electron chi connectivity index (χ1n) is 5.85. The van der Waals surface area contributed by atoms with Gasteiger partial charge in [-0.2, -0.15) is 0 Å². The lowest BCUT2D eigenvalue weighted by Crippen LogP contribution is -2.38. The van der Waals surface area contributed by atoms with Gasteiger partial charge in [-0.1, -0.05) is 0 Å². The van der Waals surface area contributed by atoms with Gasteiger partial charge in [0.1, 0.15) is 0 Å². The largest absolute Gasteiger partial charge is 0.493 e. The first-order valence-corrected chi connectivity index (χ1v) is 5.85. The molecule has 0 radical (unpaired) electrons. The maximum atomic E-state index is 11.0. The Morgan fingerprint density at radius 2 is 1.74 bits per heavy atom. The van der Waals surface area contributed by atoms with Crippen molar-refractivity contribution in [3.63, 3.8) is 0 Å². The Kier molecular flexibility index (Phi) is 5.44. The number of nitrogens with one attached hydrogen (secondary N) is 1. The van der Waals surface area contributed by atoms with Crippen LogP contribution in [0.5, 0.6) is 17.2 Å². The maximum Gasteiger partial charge on any atom is 0.234 e. The van der Waals surface area contributed by atoms with E-state index in [1.165, 1.54) is 0 Å². The van der Waals surface area contributed by atoms with Crippen LogP contribution >= 0.6 is 0 Å². The fourth-order valence-electron chi connectivity index (χ4n) is 1.61. The molecule has 1 atom stereocenters. The van der Waals surface area contributed by atoms with E-state index < -0.39 is 11.9 Å². The third kappa shape index (κ3) is 3.75. The molecule has 0 aliphatic heterocycles. The topological polar surface area (TPSA) is 82.8 Å². The van der Waals surface area contributed by atoms with E-state index in [2.05, 4.69) is 5.32 Å². The van der Waals surface area contributed by atoms with E-state index in [1.807, 2.05) is 12.1 Å². The van der Waals surface area contributed by atoms with Gasteiger partial charge >= 0.3 is 0 Å². The van der Waals surface area contributed by atoms with Crippen LogP contribution in [-0.4, -0.2) is 33.3 Å². The number of rotatable bonds is 7. The number of benzene rings is 1. The lowest BCUT2D eigenvalue weighted by Gasteiger charge is -2.15. The molecule has 0 aromatic heterocycles. The first-order chi connectivity index (χ1) is 9.03. The van der Waals surface area contributed by atoms with Crippen LogP contribution in [0.15, 0.2) is 12.1 Å². The monoisotopic (exact) mass is 268 g/mol. The molecule has 0 saturated heterocycles. The molecule has 1 unspecified atom stereocenters. The second-order valence-electron chi connectivity index (χ2n) is 4.04. The summed E-state index contributed by atoms with van der Waals surface area (Å²) in [7, 11) is 4.66. The van der Waals surface area contributed by atoms with Crippen molar-refractivity contribution < 1.29 is 19.0 Å². The standard InChI is InChI=1S/C13H20N2O4/c1-8(13(14)16)15-7-9-5-10(17-2)12(19-4)11(6-9)18-3/h5-6,8,15H,7H2,1-4H3,(H2,14,16). The minimum Gasteiger partial charge on any atom is -0.493 e. The third-order valence-corrected chi connectivity index (χ3v) is 2.76. The van der Waals surface area contributed by atoms with Crippen LogP contribution in [0.1, 0.15) is 12.5 Å². The molecule has 0 fully saturated rings. The molecule has 19 heavy (non-hydrogen) atoms. The number of ether oxygens (including phenoxy) is 3. The third-order valence-electron chi connectivity index (χ3n) is 2.76. The molecule has 0 spiro atoms. The number of nitrogens with two attached hydrogens (primary N) is 1. The average molecular weight is 268 g/mol. The molecule has 0 saturated carbocycles. The minimum atomic E-state index is -0.404. The van der Waals surface area contributed by atoms with Crippen molar-refractivity contribution in [1.82, 2.24) is 5.32 Å². The van der Waals surface area contributed by atoms with Gasteiger partial charge in [0.15, 0.2) is 11.5 Å². The van der Waals surface area contributed by atoms with E-state index in [0.717, 1.165) is 5.56 Å². The van der Waals surface area contributed by atoms with Gasteiger partial charge in [-0.05, 0) is 24.6 Å². The smallest absolute Gasteiger partial charge is 0.234 e. The number of primary amides is 1. The summed E-state index contributed by atoms with van der Waals surface area (Å²) in [6, 6.07) is 3.24. The Hall–Kier alpha value is -1.95. The molecular formula is C13H20N2O4. The Morgan fingerprint density at radius 1 is 1.21 bits per heavy atom. The Balaban J connectivity index is 2.93. The van der Waals surface area contributed by atoms with E-state index in [0.29, 0.717) is 23.8 Å². The van der Waals surface area contributed by atoms with E-state index in [1.54, 1.807) is 28.3 Å². The van der Waals surface area contributed by atoms with E-state index in [4.69, 9.17) is 19.9 Å². The van der Waals surface area contributed by atoms with Crippen molar-refractivity contribution in [3.8, 4) is 17.2 Å². The summed E-state index contributed by atoms with van der Waals surface area (Å²) in [6.45, 7) is 2.18. The fraction of sp³-hybridized carbons (Fsp3) is 0.462. The second-order valence-corrected chi connectivity index (χ2v) is 4.04. The normalized spacial score (nSPS) is 11.8. The highest BCUT2D eigenvalue weighted by atomic mass is 16.5. The number of hydrogen-bond donors (Lipinski definition) is 2. The number of carbonyl (C=O) groups is 1. The van der Waals surface area contributed by atoms with Crippen LogP contribution in [0, 0.1) is 0 Å². The van der Waals surface area contributed by atoms with Gasteiger partial charge in [-0.3, -0.25) is 4.79 Å². The van der Waals surface area contributed by atoms with Crippen molar-refractivity contribution in [3.05, 3.63) is 17.7 Å². The number of hydrogen-bond acceptors (Lipinski definition) is 5. The highest BCUT2D eigenvalue weighted by molar-refractivity contribution is 5.79. The van der Waals surface area contributed by atoms with Crippen LogP contribution in [-0.2, 0) is 11.3 Å². The fourth-order valence-corrected chi connectivity index (χ4v) is 1.61. The molecule has 0 aliphatic rings. The molecular weight excluding hydrogens is 248 g/mol. The van der Waals surface area contributed by atoms with Crippen molar-refractivity contribution in [1.29, 1.82) is 0 Å². The zero-order valence-electron chi connectivity index (χ0n) is 11.6. The van der Waals surface area contributed by atoms with Gasteiger partial charge in [0.05, 0.1) is 27.4 Å². The van der Waals surface area contributed by atoms with Crippen LogP contribution in [0.4, 0.5) is 0 Å². The van der Waals surface area contributed by atoms with Gasteiger partial charge in [0.2, 0.25) is 11.7 Å². The highest BCUT2D eigenvalue weighted by Crippen LogP contribution is 2.38. The molecule has 1 amide bonds. The summed E-state index contributed by atoms with van der Waals surface area (Å²) in [5.74, 6) is 1.29. The molecule has 6 heteroatoms. The van der Waals surface area contributed by atoms with Crippen molar-refractivity contribution >= 4 is 5.91 Å². The minimum absolute atomic E-state index is 0.396. The van der Waals surface area contributed by atoms with E-state index in [-0.39, 0.29) is 0 Å². The van der Waals surface area contributed by atoms with E-state index in [9.17, 15) is 4.79 Å². The summed E-state index contributed by atoms with van der Waals surface area (Å²) < 4.78 is 15.7. The highest BCUT2D eigenvalue weighted by Gasteiger charge is 2.14. The molecule has 1 aromatic carbocycles. The first kappa shape index (κ1) is 15.1. The summed E-state index contributed by atoms with van der Waals surface area (Å²) in [5.41, 5.74) is 6.09. The van der Waals surface area contributed by atoms with E-state index >= 15 is 0 Å². The molecule has 0 bridgehead atoms. The van der Waals surface area contributed by atoms with Gasteiger partial charge in [0, 0.05) is 6.54 Å². The Labute approximate surface area is 112 Å². The van der Waals surface area contributed by atoms with Gasteiger partial charge in [-0.25, -0.2) is 0 Å². The molecule has 106 valence electrons. The molecule has 1 aromatic rings. The predicted octanol–water partition coefficient (Wildman–Crippen LogP) is 0.676. The number of amides is 1. The second kappa shape index (κ2) is 6.84. The van der Waals surface area contributed by atoms with Crippen LogP contribution in [0.25, 0.3) is 0 Å². The summed E-state index contributed by atoms with van der Waals surface area (Å²) in [4.78, 5) is 11.0. The predicted molar refractivity (Wildman–Crippen MR) is 71.6 cm³/mol. The summed E-state index contributed by atoms with van der Waals surface area (Å²) >= 11 is 0. The molecule has 0 heterocycles. The average Bonchev–Trinajstić information content (AvgIpc) is 2.42. The quantitative estimate of drug-likeness (QED) is 0.759. The SMILES string of the molecule is COc1cc(CNC(C)C(N)=O)cc(OC)c1OC. The zero-order chi connectivity index (χ0) is 14.4. The van der Waals surface area contributed by atoms with Crippen LogP contribution in [0.2, 0.25) is 0 Å². The van der Waals surface area contributed by atoms with Gasteiger partial charge in [-0.15, -0.1) is 0 Å². The van der Waals surface area contributed by atoms with Gasteiger partial charge < -0.3 is 25.3 Å². The van der Waals surface area contributed by atoms with Gasteiger partial charge in [0.25, 0.3) is 0 Å². The Morgan fingerprint density at radius 3 is 2.11 bits per heavy atom. The summed E-state index contributed by atoms with van der Waals surface area (Å²) in [5, 5.41) is 3.01. The molecule has 6 nitrogen and oxygen atoms in total. The number of methoxy groups -OCH3 is 3. The zero-order valence-corrected chi connectivity index (χ0v) is 11.6. The van der Waals surface area contributed by atoms with Crippen molar-refractivity contribution in [2.75, 3.05) is 21.3 Å². The lowest BCUT2D eigenvalue weighted by atomic mass is 10.1. The van der Waals surface area contributed by atoms with Crippen LogP contribution in [0.3, 0.4) is 0 Å². The van der Waals surface area contributed by atoms with Crippen LogP contribution < -0.4 is 25.3 Å². The lowest BCUT2D eigenvalue weighted by molar-refractivity contribution is -0.119. The molecule has 0 aliphatic carbocycles. The molecule has 1 rings (SSSR count). The van der Waals surface area contributed by atoms with Crippen molar-refractivity contribution in [2.45, 2.75) is 19.5 Å².